The van der Waals surface area contributed by atoms with E-state index < -0.39 is 5.41 Å². The topological polar surface area (TPSA) is 9.72 Å². The van der Waals surface area contributed by atoms with E-state index in [9.17, 15) is 0 Å². The number of para-hydroxylation sites is 1. The Morgan fingerprint density at radius 1 is 0.391 bits per heavy atom. The molecule has 0 saturated heterocycles. The van der Waals surface area contributed by atoms with Crippen molar-refractivity contribution >= 4 is 90.1 Å². The van der Waals surface area contributed by atoms with Crippen LogP contribution < -0.4 is 31.1 Å². The highest BCUT2D eigenvalue weighted by molar-refractivity contribution is 7.01. The van der Waals surface area contributed by atoms with E-state index in [0.29, 0.717) is 0 Å². The smallest absolute Gasteiger partial charge is 0.252 e. The van der Waals surface area contributed by atoms with Crippen LogP contribution in [0.5, 0.6) is 0 Å². The molecule has 306 valence electrons. The summed E-state index contributed by atoms with van der Waals surface area (Å²) in [6.45, 7) is 7.64. The van der Waals surface area contributed by atoms with Crippen LogP contribution in [0.2, 0.25) is 0 Å². The Labute approximate surface area is 376 Å². The lowest BCUT2D eigenvalue weighted by atomic mass is 9.28. The van der Waals surface area contributed by atoms with Crippen LogP contribution in [0.4, 0.5) is 45.5 Å². The summed E-state index contributed by atoms with van der Waals surface area (Å²) >= 11 is 0. The first-order valence-corrected chi connectivity index (χ1v) is 23.3. The number of fused-ring (bicyclic) bond motifs is 5. The molecule has 5 aliphatic rings. The monoisotopic (exact) mass is 821 g/mol. The quantitative estimate of drug-likeness (QED) is 0.164. The van der Waals surface area contributed by atoms with E-state index in [1.807, 2.05) is 0 Å². The first-order valence-electron chi connectivity index (χ1n) is 23.3. The summed E-state index contributed by atoms with van der Waals surface area (Å²) in [7, 11) is 0. The van der Waals surface area contributed by atoms with Crippen LogP contribution in [0.25, 0.3) is 21.5 Å². The third kappa shape index (κ3) is 4.53. The molecule has 4 aliphatic heterocycles. The molecule has 9 aromatic carbocycles. The van der Waals surface area contributed by atoms with Crippen LogP contribution in [-0.2, 0) is 10.8 Å². The summed E-state index contributed by atoms with van der Waals surface area (Å²) in [6, 6.07) is 71.9. The van der Waals surface area contributed by atoms with Crippen LogP contribution in [0, 0.1) is 0 Å². The number of anilines is 8. The Balaban J connectivity index is 1.14. The summed E-state index contributed by atoms with van der Waals surface area (Å²) in [5.41, 5.74) is 19.4. The second kappa shape index (κ2) is 12.8. The molecule has 14 rings (SSSR count). The molecule has 64 heavy (non-hydrogen) atoms. The second-order valence-corrected chi connectivity index (χ2v) is 19.7. The molecule has 0 bridgehead atoms. The van der Waals surface area contributed by atoms with Crippen molar-refractivity contribution in [3.05, 3.63) is 210 Å². The molecular formula is C60H48BN3. The molecule has 2 atom stereocenters. The van der Waals surface area contributed by atoms with E-state index in [-0.39, 0.29) is 17.7 Å². The van der Waals surface area contributed by atoms with Crippen LogP contribution in [0.15, 0.2) is 188 Å². The van der Waals surface area contributed by atoms with E-state index in [1.54, 1.807) is 0 Å². The van der Waals surface area contributed by atoms with Gasteiger partial charge in [0.15, 0.2) is 0 Å². The summed E-state index contributed by atoms with van der Waals surface area (Å²) in [6.07, 6.45) is 4.83. The fourth-order valence-electron chi connectivity index (χ4n) is 13.6. The molecule has 0 N–H and O–H groups in total. The number of benzene rings is 9. The molecule has 2 unspecified atom stereocenters. The zero-order valence-electron chi connectivity index (χ0n) is 36.6. The minimum absolute atomic E-state index is 0.0271. The highest BCUT2D eigenvalue weighted by atomic mass is 15.3. The van der Waals surface area contributed by atoms with Crippen molar-refractivity contribution in [3.63, 3.8) is 0 Å². The minimum Gasteiger partial charge on any atom is -0.334 e. The van der Waals surface area contributed by atoms with Crippen molar-refractivity contribution in [1.82, 2.24) is 0 Å². The van der Waals surface area contributed by atoms with Gasteiger partial charge in [-0.3, -0.25) is 0 Å². The van der Waals surface area contributed by atoms with E-state index in [2.05, 4.69) is 224 Å². The summed E-state index contributed by atoms with van der Waals surface area (Å²) in [4.78, 5) is 8.05. The third-order valence-electron chi connectivity index (χ3n) is 16.8. The summed E-state index contributed by atoms with van der Waals surface area (Å²) in [5, 5.41) is 5.00. The first kappa shape index (κ1) is 36.4. The van der Waals surface area contributed by atoms with Crippen molar-refractivity contribution in [2.24, 2.45) is 0 Å². The molecule has 1 fully saturated rings. The highest BCUT2D eigenvalue weighted by Crippen LogP contribution is 2.62. The number of rotatable bonds is 4. The summed E-state index contributed by atoms with van der Waals surface area (Å²) < 4.78 is 0. The number of nitrogens with zero attached hydrogens (tertiary/aromatic N) is 3. The SMILES string of the molecule is CC1(c2ccccc2)c2cccc3c2B2c4c(cc(N5c6ccccc6C6(C)CCCCC56C)cc4N(c4ccc5ccccc5c4)c4cccc1c42)N3c1ccc2ccccc2c1. The van der Waals surface area contributed by atoms with Crippen LogP contribution >= 0.6 is 0 Å². The van der Waals surface area contributed by atoms with Crippen molar-refractivity contribution < 1.29 is 0 Å². The van der Waals surface area contributed by atoms with Gasteiger partial charge in [-0.15, -0.1) is 0 Å². The molecule has 1 saturated carbocycles. The van der Waals surface area contributed by atoms with Gasteiger partial charge in [0.05, 0.1) is 5.54 Å². The predicted octanol–water partition coefficient (Wildman–Crippen LogP) is 13.5. The van der Waals surface area contributed by atoms with Gasteiger partial charge >= 0.3 is 0 Å². The van der Waals surface area contributed by atoms with Gasteiger partial charge in [-0.1, -0.05) is 153 Å². The second-order valence-electron chi connectivity index (χ2n) is 19.7. The third-order valence-corrected chi connectivity index (χ3v) is 16.8. The van der Waals surface area contributed by atoms with Crippen molar-refractivity contribution in [1.29, 1.82) is 0 Å². The predicted molar refractivity (Wildman–Crippen MR) is 270 cm³/mol. The fourth-order valence-corrected chi connectivity index (χ4v) is 13.6. The van der Waals surface area contributed by atoms with Gasteiger partial charge in [-0.2, -0.15) is 0 Å². The summed E-state index contributed by atoms with van der Waals surface area (Å²) in [5.74, 6) is 0. The largest absolute Gasteiger partial charge is 0.334 e. The maximum absolute atomic E-state index is 2.78. The Morgan fingerprint density at radius 3 is 1.50 bits per heavy atom. The zero-order chi connectivity index (χ0) is 42.5. The Hall–Kier alpha value is -7.04. The normalized spacial score (nSPS) is 20.6. The highest BCUT2D eigenvalue weighted by Gasteiger charge is 2.59. The molecule has 1 aliphatic carbocycles. The van der Waals surface area contributed by atoms with Crippen LogP contribution in [0.3, 0.4) is 0 Å². The van der Waals surface area contributed by atoms with Gasteiger partial charge < -0.3 is 14.7 Å². The van der Waals surface area contributed by atoms with E-state index in [4.69, 9.17) is 0 Å². The van der Waals surface area contributed by atoms with E-state index >= 15 is 0 Å². The average Bonchev–Trinajstić information content (AvgIpc) is 3.55. The zero-order valence-corrected chi connectivity index (χ0v) is 36.6. The van der Waals surface area contributed by atoms with Crippen LogP contribution in [-0.4, -0.2) is 12.3 Å². The lowest BCUT2D eigenvalue weighted by molar-refractivity contribution is 0.195. The van der Waals surface area contributed by atoms with Gasteiger partial charge in [0.1, 0.15) is 0 Å². The standard InChI is InChI=1S/C60H48BN3/c1-58-33-13-14-34-59(58,2)64(50-26-12-11-23-47(50)58)46-37-53-57-54(38-46)63(45-32-30-40-18-8-10-20-42(40)36-45)52-28-16-25-49-56(52)61(57)55-48(60(49,3)43-21-5-4-6-22-43)24-15-27-51(55)62(53)44-31-29-39-17-7-9-19-41(39)35-44/h4-12,15-32,35-38H,13-14,33-34H2,1-3H3. The Kier molecular flexibility index (Phi) is 7.29. The molecule has 4 heterocycles. The maximum atomic E-state index is 2.78. The molecule has 4 heteroatoms. The van der Waals surface area contributed by atoms with Crippen molar-refractivity contribution in [2.75, 3.05) is 14.7 Å². The molecule has 3 nitrogen and oxygen atoms in total. The lowest BCUT2D eigenvalue weighted by Crippen LogP contribution is -2.67. The van der Waals surface area contributed by atoms with Gasteiger partial charge in [0, 0.05) is 56.3 Å². The fraction of sp³-hybridized carbons (Fsp3) is 0.167. The minimum atomic E-state index is -0.396. The number of hydrogen-bond donors (Lipinski definition) is 0. The maximum Gasteiger partial charge on any atom is 0.252 e. The lowest BCUT2D eigenvalue weighted by Gasteiger charge is -2.53. The molecule has 9 aromatic rings. The van der Waals surface area contributed by atoms with Crippen LogP contribution in [0.1, 0.15) is 68.7 Å². The van der Waals surface area contributed by atoms with Gasteiger partial charge in [0.25, 0.3) is 6.71 Å². The molecule has 0 aromatic heterocycles. The number of hydrogen-bond acceptors (Lipinski definition) is 3. The first-order chi connectivity index (χ1) is 31.4. The Bertz CT molecular complexity index is 3290. The molecular weight excluding hydrogens is 773 g/mol. The van der Waals surface area contributed by atoms with E-state index in [0.717, 1.165) is 6.42 Å². The van der Waals surface area contributed by atoms with Crippen molar-refractivity contribution in [2.45, 2.75) is 62.8 Å². The molecule has 0 amide bonds. The van der Waals surface area contributed by atoms with Gasteiger partial charge in [-0.25, -0.2) is 0 Å². The molecule has 0 radical (unpaired) electrons. The Morgan fingerprint density at radius 2 is 0.891 bits per heavy atom. The van der Waals surface area contributed by atoms with E-state index in [1.165, 1.54) is 125 Å². The average molecular weight is 822 g/mol. The van der Waals surface area contributed by atoms with Crippen molar-refractivity contribution in [3.8, 4) is 0 Å². The van der Waals surface area contributed by atoms with Gasteiger partial charge in [-0.05, 0) is 141 Å². The van der Waals surface area contributed by atoms with Gasteiger partial charge in [0.2, 0.25) is 0 Å². The molecule has 0 spiro atoms.